The van der Waals surface area contributed by atoms with E-state index >= 15 is 0 Å². The molecule has 4 nitrogen and oxygen atoms in total. The van der Waals surface area contributed by atoms with E-state index in [-0.39, 0.29) is 11.9 Å². The van der Waals surface area contributed by atoms with Crippen LogP contribution in [0.2, 0.25) is 0 Å². The number of ether oxygens (including phenoxy) is 2. The van der Waals surface area contributed by atoms with Gasteiger partial charge < -0.3 is 9.47 Å². The van der Waals surface area contributed by atoms with Gasteiger partial charge in [-0.1, -0.05) is 84.5 Å². The van der Waals surface area contributed by atoms with Gasteiger partial charge in [-0.05, 0) is 25.7 Å². The lowest BCUT2D eigenvalue weighted by Crippen LogP contribution is -2.42. The molecule has 0 saturated heterocycles. The zero-order valence-corrected chi connectivity index (χ0v) is 18.6. The first-order valence-corrected chi connectivity index (χ1v) is 12.1. The summed E-state index contributed by atoms with van der Waals surface area (Å²) >= 11 is 0. The molecule has 0 unspecified atom stereocenters. The lowest BCUT2D eigenvalue weighted by Gasteiger charge is -2.35. The Morgan fingerprint density at radius 2 is 1.00 bits per heavy atom. The van der Waals surface area contributed by atoms with Gasteiger partial charge in [0.15, 0.2) is 0 Å². The summed E-state index contributed by atoms with van der Waals surface area (Å²) in [5.41, 5.74) is 0. The van der Waals surface area contributed by atoms with Gasteiger partial charge in [-0.25, -0.2) is 0 Å². The fraction of sp³-hybridized carbons (Fsp3) is 0.917. The predicted octanol–water partition coefficient (Wildman–Crippen LogP) is 7.23. The SMILES string of the molecule is CCCCCCCCC(=O)OC1(OC(=O)CCCCCCCC)CCCCC1. The van der Waals surface area contributed by atoms with Crippen LogP contribution in [-0.2, 0) is 19.1 Å². The van der Waals surface area contributed by atoms with Crippen molar-refractivity contribution in [2.75, 3.05) is 0 Å². The van der Waals surface area contributed by atoms with Crippen LogP contribution in [0.1, 0.15) is 136 Å². The summed E-state index contributed by atoms with van der Waals surface area (Å²) in [6, 6.07) is 0. The van der Waals surface area contributed by atoms with Crippen LogP contribution in [0, 0.1) is 0 Å². The number of hydrogen-bond acceptors (Lipinski definition) is 4. The average molecular weight is 397 g/mol. The number of carbonyl (C=O) groups is 2. The number of unbranched alkanes of at least 4 members (excludes halogenated alkanes) is 10. The van der Waals surface area contributed by atoms with Crippen molar-refractivity contribution in [3.8, 4) is 0 Å². The molecule has 0 bridgehead atoms. The summed E-state index contributed by atoms with van der Waals surface area (Å²) in [5.74, 6) is -1.40. The van der Waals surface area contributed by atoms with E-state index < -0.39 is 5.79 Å². The standard InChI is InChI=1S/C24H44O4/c1-3-5-7-9-11-14-18-22(25)27-24(20-16-13-17-21-24)28-23(26)19-15-12-10-8-6-4-2/h3-21H2,1-2H3. The quantitative estimate of drug-likeness (QED) is 0.157. The topological polar surface area (TPSA) is 52.6 Å². The van der Waals surface area contributed by atoms with Crippen LogP contribution < -0.4 is 0 Å². The average Bonchev–Trinajstić information content (AvgIpc) is 2.68. The van der Waals surface area contributed by atoms with Gasteiger partial charge in [0, 0.05) is 25.7 Å². The molecule has 1 rings (SSSR count). The summed E-state index contributed by atoms with van der Waals surface area (Å²) in [6.07, 6.45) is 18.9. The Hall–Kier alpha value is -1.06. The predicted molar refractivity (Wildman–Crippen MR) is 114 cm³/mol. The van der Waals surface area contributed by atoms with Crippen LogP contribution in [0.25, 0.3) is 0 Å². The van der Waals surface area contributed by atoms with Crippen LogP contribution >= 0.6 is 0 Å². The largest absolute Gasteiger partial charge is 0.422 e. The normalized spacial score (nSPS) is 15.9. The number of esters is 2. The van der Waals surface area contributed by atoms with Crippen molar-refractivity contribution in [3.05, 3.63) is 0 Å². The second-order valence-corrected chi connectivity index (χ2v) is 8.46. The first-order valence-electron chi connectivity index (χ1n) is 12.1. The zero-order valence-electron chi connectivity index (χ0n) is 18.6. The van der Waals surface area contributed by atoms with Crippen molar-refractivity contribution in [2.45, 2.75) is 142 Å². The van der Waals surface area contributed by atoms with Crippen LogP contribution in [0.15, 0.2) is 0 Å². The lowest BCUT2D eigenvalue weighted by atomic mass is 9.94. The van der Waals surface area contributed by atoms with E-state index in [1.165, 1.54) is 51.4 Å². The van der Waals surface area contributed by atoms with Crippen LogP contribution in [-0.4, -0.2) is 17.7 Å². The minimum atomic E-state index is -0.989. The molecule has 0 aromatic heterocycles. The van der Waals surface area contributed by atoms with E-state index in [1.54, 1.807) is 0 Å². The molecule has 0 N–H and O–H groups in total. The molecule has 0 atom stereocenters. The fourth-order valence-corrected chi connectivity index (χ4v) is 3.93. The van der Waals surface area contributed by atoms with Crippen molar-refractivity contribution < 1.29 is 19.1 Å². The number of hydrogen-bond donors (Lipinski definition) is 0. The first-order chi connectivity index (χ1) is 13.6. The zero-order chi connectivity index (χ0) is 20.5. The number of rotatable bonds is 16. The fourth-order valence-electron chi connectivity index (χ4n) is 3.93. The molecule has 1 fully saturated rings. The van der Waals surface area contributed by atoms with Crippen LogP contribution in [0.5, 0.6) is 0 Å². The van der Waals surface area contributed by atoms with Gasteiger partial charge in [0.1, 0.15) is 0 Å². The molecular formula is C24H44O4. The molecule has 0 radical (unpaired) electrons. The second kappa shape index (κ2) is 15.8. The highest BCUT2D eigenvalue weighted by Gasteiger charge is 2.39. The van der Waals surface area contributed by atoms with Crippen molar-refractivity contribution >= 4 is 11.9 Å². The summed E-state index contributed by atoms with van der Waals surface area (Å²) < 4.78 is 11.5. The Balaban J connectivity index is 2.32. The Morgan fingerprint density at radius 1 is 0.607 bits per heavy atom. The van der Waals surface area contributed by atoms with E-state index in [1.807, 2.05) is 0 Å². The van der Waals surface area contributed by atoms with E-state index in [0.717, 1.165) is 44.9 Å². The third-order valence-electron chi connectivity index (χ3n) is 5.68. The van der Waals surface area contributed by atoms with E-state index in [9.17, 15) is 9.59 Å². The van der Waals surface area contributed by atoms with Gasteiger partial charge >= 0.3 is 11.9 Å². The third kappa shape index (κ3) is 11.7. The van der Waals surface area contributed by atoms with E-state index in [0.29, 0.717) is 25.7 Å². The molecule has 1 aliphatic carbocycles. The lowest BCUT2D eigenvalue weighted by molar-refractivity contribution is -0.239. The van der Waals surface area contributed by atoms with Crippen molar-refractivity contribution in [3.63, 3.8) is 0 Å². The van der Waals surface area contributed by atoms with Gasteiger partial charge in [-0.3, -0.25) is 9.59 Å². The molecular weight excluding hydrogens is 352 g/mol. The molecule has 28 heavy (non-hydrogen) atoms. The van der Waals surface area contributed by atoms with Crippen molar-refractivity contribution in [2.24, 2.45) is 0 Å². The van der Waals surface area contributed by atoms with Gasteiger partial charge in [0.25, 0.3) is 5.79 Å². The van der Waals surface area contributed by atoms with Crippen molar-refractivity contribution in [1.82, 2.24) is 0 Å². The second-order valence-electron chi connectivity index (χ2n) is 8.46. The van der Waals surface area contributed by atoms with Crippen LogP contribution in [0.3, 0.4) is 0 Å². The molecule has 0 aliphatic heterocycles. The summed E-state index contributed by atoms with van der Waals surface area (Å²) in [6.45, 7) is 4.41. The van der Waals surface area contributed by atoms with Crippen molar-refractivity contribution in [1.29, 1.82) is 0 Å². The molecule has 164 valence electrons. The maximum Gasteiger partial charge on any atom is 0.309 e. The van der Waals surface area contributed by atoms with E-state index in [2.05, 4.69) is 13.8 Å². The Kier molecular flexibility index (Phi) is 14.1. The molecule has 0 aromatic rings. The molecule has 0 spiro atoms. The molecule has 1 saturated carbocycles. The van der Waals surface area contributed by atoms with Crippen LogP contribution in [0.4, 0.5) is 0 Å². The Morgan fingerprint density at radius 3 is 1.43 bits per heavy atom. The molecule has 0 aromatic carbocycles. The molecule has 4 heteroatoms. The summed E-state index contributed by atoms with van der Waals surface area (Å²) in [5, 5.41) is 0. The summed E-state index contributed by atoms with van der Waals surface area (Å²) in [4.78, 5) is 24.7. The van der Waals surface area contributed by atoms with Gasteiger partial charge in [0.05, 0.1) is 0 Å². The summed E-state index contributed by atoms with van der Waals surface area (Å²) in [7, 11) is 0. The highest BCUT2D eigenvalue weighted by atomic mass is 16.7. The first kappa shape index (κ1) is 25.0. The minimum Gasteiger partial charge on any atom is -0.422 e. The maximum absolute atomic E-state index is 12.3. The monoisotopic (exact) mass is 396 g/mol. The Bertz CT molecular complexity index is 381. The van der Waals surface area contributed by atoms with E-state index in [4.69, 9.17) is 9.47 Å². The van der Waals surface area contributed by atoms with Gasteiger partial charge in [0.2, 0.25) is 0 Å². The maximum atomic E-state index is 12.3. The molecule has 1 aliphatic rings. The highest BCUT2D eigenvalue weighted by Crippen LogP contribution is 2.34. The Labute approximate surface area is 173 Å². The third-order valence-corrected chi connectivity index (χ3v) is 5.68. The minimum absolute atomic E-state index is 0.204. The van der Waals surface area contributed by atoms with Gasteiger partial charge in [-0.2, -0.15) is 0 Å². The van der Waals surface area contributed by atoms with Gasteiger partial charge in [-0.15, -0.1) is 0 Å². The highest BCUT2D eigenvalue weighted by molar-refractivity contribution is 5.72. The molecule has 0 heterocycles. The molecule has 0 amide bonds. The number of carbonyl (C=O) groups excluding carboxylic acids is 2. The smallest absolute Gasteiger partial charge is 0.309 e.